The third kappa shape index (κ3) is 2.00. The monoisotopic (exact) mass is 167 g/mol. The van der Waals surface area contributed by atoms with Crippen LogP contribution in [0.1, 0.15) is 24.5 Å². The minimum atomic E-state index is -0.0128. The van der Waals surface area contributed by atoms with Crippen molar-refractivity contribution in [3.63, 3.8) is 0 Å². The van der Waals surface area contributed by atoms with Crippen molar-refractivity contribution in [2.45, 2.75) is 19.9 Å². The van der Waals surface area contributed by atoms with Crippen molar-refractivity contribution in [1.29, 1.82) is 0 Å². The Labute approximate surface area is 70.9 Å². The first kappa shape index (κ1) is 8.18. The first-order valence-corrected chi connectivity index (χ1v) is 3.78. The van der Waals surface area contributed by atoms with Gasteiger partial charge in [0, 0.05) is 0 Å². The largest absolute Gasteiger partial charge is 0.464 e. The Morgan fingerprint density at radius 2 is 2.36 bits per heavy atom. The van der Waals surface area contributed by atoms with Crippen molar-refractivity contribution in [2.24, 2.45) is 4.99 Å². The van der Waals surface area contributed by atoms with Gasteiger partial charge in [-0.25, -0.2) is 4.99 Å². The fraction of sp³-hybridized carbons (Fsp3) is 0.375. The first-order valence-electron chi connectivity index (χ1n) is 3.37. The second kappa shape index (κ2) is 3.46. The number of thiocarbonyl (C=S) groups is 1. The molecule has 0 unspecified atom stereocenters. The topological polar surface area (TPSA) is 25.5 Å². The summed E-state index contributed by atoms with van der Waals surface area (Å²) in [5.74, 6) is 1.73. The molecule has 0 aliphatic heterocycles. The highest BCUT2D eigenvalue weighted by molar-refractivity contribution is 7.78. The fourth-order valence-corrected chi connectivity index (χ4v) is 0.979. The molecule has 1 aromatic heterocycles. The number of rotatable bonds is 2. The van der Waals surface area contributed by atoms with Gasteiger partial charge in [-0.1, -0.05) is 0 Å². The highest BCUT2D eigenvalue weighted by atomic mass is 32.1. The van der Waals surface area contributed by atoms with Gasteiger partial charge in [0.15, 0.2) is 0 Å². The Balaban J connectivity index is 2.84. The van der Waals surface area contributed by atoms with Crippen LogP contribution in [-0.2, 0) is 0 Å². The van der Waals surface area contributed by atoms with Gasteiger partial charge in [0.25, 0.3) is 0 Å². The summed E-state index contributed by atoms with van der Waals surface area (Å²) in [5, 5.41) is 2.32. The van der Waals surface area contributed by atoms with E-state index in [1.807, 2.05) is 26.0 Å². The van der Waals surface area contributed by atoms with Crippen molar-refractivity contribution in [3.8, 4) is 0 Å². The third-order valence-corrected chi connectivity index (χ3v) is 1.52. The van der Waals surface area contributed by atoms with E-state index >= 15 is 0 Å². The summed E-state index contributed by atoms with van der Waals surface area (Å²) < 4.78 is 5.32. The molecule has 0 aliphatic rings. The van der Waals surface area contributed by atoms with Crippen LogP contribution in [0, 0.1) is 6.92 Å². The Morgan fingerprint density at radius 1 is 1.64 bits per heavy atom. The Hall–Kier alpha value is -0.920. The van der Waals surface area contributed by atoms with E-state index in [9.17, 15) is 0 Å². The average molecular weight is 167 g/mol. The minimum absolute atomic E-state index is 0.0128. The van der Waals surface area contributed by atoms with Gasteiger partial charge in [0.1, 0.15) is 17.6 Å². The molecule has 0 fully saturated rings. The van der Waals surface area contributed by atoms with Crippen LogP contribution in [-0.4, -0.2) is 5.16 Å². The molecule has 2 nitrogen and oxygen atoms in total. The average Bonchev–Trinajstić information content (AvgIpc) is 2.36. The summed E-state index contributed by atoms with van der Waals surface area (Å²) in [6.07, 6.45) is 0. The smallest absolute Gasteiger partial charge is 0.129 e. The molecule has 0 saturated carbocycles. The van der Waals surface area contributed by atoms with Crippen LogP contribution in [0.2, 0.25) is 0 Å². The normalized spacial score (nSPS) is 12.2. The molecular formula is C8H9NOS. The highest BCUT2D eigenvalue weighted by Crippen LogP contribution is 2.18. The molecule has 3 heteroatoms. The van der Waals surface area contributed by atoms with E-state index in [1.165, 1.54) is 0 Å². The van der Waals surface area contributed by atoms with Crippen molar-refractivity contribution >= 4 is 17.4 Å². The maximum absolute atomic E-state index is 5.32. The predicted molar refractivity (Wildman–Crippen MR) is 46.9 cm³/mol. The molecule has 0 aliphatic carbocycles. The zero-order chi connectivity index (χ0) is 8.27. The van der Waals surface area contributed by atoms with E-state index < -0.39 is 0 Å². The molecule has 1 atom stereocenters. The summed E-state index contributed by atoms with van der Waals surface area (Å²) in [4.78, 5) is 3.88. The minimum Gasteiger partial charge on any atom is -0.464 e. The lowest BCUT2D eigenvalue weighted by Gasteiger charge is -1.97. The van der Waals surface area contributed by atoms with Gasteiger partial charge in [-0.3, -0.25) is 0 Å². The number of isothiocyanates is 1. The second-order valence-electron chi connectivity index (χ2n) is 2.34. The van der Waals surface area contributed by atoms with E-state index in [1.54, 1.807) is 0 Å². The molecule has 1 aromatic rings. The van der Waals surface area contributed by atoms with E-state index in [4.69, 9.17) is 4.42 Å². The van der Waals surface area contributed by atoms with Gasteiger partial charge >= 0.3 is 0 Å². The van der Waals surface area contributed by atoms with Crippen LogP contribution in [0.25, 0.3) is 0 Å². The van der Waals surface area contributed by atoms with Crippen LogP contribution in [0.5, 0.6) is 0 Å². The van der Waals surface area contributed by atoms with Crippen LogP contribution in [0.15, 0.2) is 21.5 Å². The molecule has 58 valence electrons. The SMILES string of the molecule is Cc1ccc([C@H](C)N=C=S)o1. The number of hydrogen-bond donors (Lipinski definition) is 0. The molecule has 1 rings (SSSR count). The second-order valence-corrected chi connectivity index (χ2v) is 2.53. The van der Waals surface area contributed by atoms with E-state index in [0.29, 0.717) is 0 Å². The van der Waals surface area contributed by atoms with Gasteiger partial charge in [-0.05, 0) is 38.2 Å². The molecule has 1 heterocycles. The molecule has 0 bridgehead atoms. The van der Waals surface area contributed by atoms with E-state index in [2.05, 4.69) is 22.4 Å². The van der Waals surface area contributed by atoms with Gasteiger partial charge in [0.2, 0.25) is 0 Å². The first-order chi connectivity index (χ1) is 5.24. The molecule has 0 amide bonds. The zero-order valence-corrected chi connectivity index (χ0v) is 7.31. The standard InChI is InChI=1S/C8H9NOS/c1-6-3-4-8(10-6)7(2)9-5-11/h3-4,7H,1-2H3/t7-/m0/s1. The summed E-state index contributed by atoms with van der Waals surface area (Å²) in [6, 6.07) is 3.79. The van der Waals surface area contributed by atoms with Gasteiger partial charge < -0.3 is 4.42 Å². The van der Waals surface area contributed by atoms with Crippen LogP contribution >= 0.6 is 12.2 Å². The maximum atomic E-state index is 5.32. The highest BCUT2D eigenvalue weighted by Gasteiger charge is 2.05. The van der Waals surface area contributed by atoms with E-state index in [0.717, 1.165) is 11.5 Å². The maximum Gasteiger partial charge on any atom is 0.129 e. The number of furan rings is 1. The van der Waals surface area contributed by atoms with Crippen molar-refractivity contribution < 1.29 is 4.42 Å². The third-order valence-electron chi connectivity index (χ3n) is 1.42. The number of aliphatic imine (C=N–C) groups is 1. The van der Waals surface area contributed by atoms with Gasteiger partial charge in [0.05, 0.1) is 5.16 Å². The summed E-state index contributed by atoms with van der Waals surface area (Å²) in [5.41, 5.74) is 0. The molecule has 0 radical (unpaired) electrons. The Kier molecular flexibility index (Phi) is 2.58. The number of aryl methyl sites for hydroxylation is 1. The summed E-state index contributed by atoms with van der Waals surface area (Å²) >= 11 is 4.48. The van der Waals surface area contributed by atoms with Gasteiger partial charge in [-0.2, -0.15) is 0 Å². The molecule has 11 heavy (non-hydrogen) atoms. The zero-order valence-electron chi connectivity index (χ0n) is 6.50. The summed E-state index contributed by atoms with van der Waals surface area (Å²) in [6.45, 7) is 3.81. The Morgan fingerprint density at radius 3 is 2.82 bits per heavy atom. The summed E-state index contributed by atoms with van der Waals surface area (Å²) in [7, 11) is 0. The lowest BCUT2D eigenvalue weighted by molar-refractivity contribution is 0.459. The van der Waals surface area contributed by atoms with Crippen LogP contribution in [0.3, 0.4) is 0 Å². The molecular weight excluding hydrogens is 158 g/mol. The van der Waals surface area contributed by atoms with Crippen molar-refractivity contribution in [2.75, 3.05) is 0 Å². The fourth-order valence-electron chi connectivity index (χ4n) is 0.821. The van der Waals surface area contributed by atoms with Crippen molar-refractivity contribution in [3.05, 3.63) is 23.7 Å². The predicted octanol–water partition coefficient (Wildman–Crippen LogP) is 2.75. The lowest BCUT2D eigenvalue weighted by Crippen LogP contribution is -1.83. The molecule has 0 saturated heterocycles. The number of hydrogen-bond acceptors (Lipinski definition) is 3. The van der Waals surface area contributed by atoms with Crippen molar-refractivity contribution in [1.82, 2.24) is 0 Å². The molecule has 0 N–H and O–H groups in total. The van der Waals surface area contributed by atoms with Crippen LogP contribution in [0.4, 0.5) is 0 Å². The Bertz CT molecular complexity index is 286. The molecule has 0 spiro atoms. The van der Waals surface area contributed by atoms with Gasteiger partial charge in [-0.15, -0.1) is 0 Å². The number of nitrogens with zero attached hydrogens (tertiary/aromatic N) is 1. The van der Waals surface area contributed by atoms with E-state index in [-0.39, 0.29) is 6.04 Å². The lowest BCUT2D eigenvalue weighted by atomic mass is 10.3. The molecule has 0 aromatic carbocycles. The quantitative estimate of drug-likeness (QED) is 0.500. The van der Waals surface area contributed by atoms with Crippen LogP contribution < -0.4 is 0 Å².